The van der Waals surface area contributed by atoms with E-state index in [1.54, 1.807) is 48.8 Å². The molecule has 4 rings (SSSR count). The molecule has 138 valence electrons. The lowest BCUT2D eigenvalue weighted by Crippen LogP contribution is -2.13. The zero-order chi connectivity index (χ0) is 19.5. The molecule has 0 saturated carbocycles. The summed E-state index contributed by atoms with van der Waals surface area (Å²) in [5, 5.41) is 3.91. The molecule has 2 heterocycles. The molecule has 2 aromatic heterocycles. The third-order valence-electron chi connectivity index (χ3n) is 4.06. The first-order chi connectivity index (χ1) is 13.6. The Labute approximate surface area is 171 Å². The maximum Gasteiger partial charge on any atom is 0.277 e. The summed E-state index contributed by atoms with van der Waals surface area (Å²) in [6.07, 6.45) is 3.28. The number of anilines is 1. The molecular weight excluding hydrogens is 395 g/mol. The van der Waals surface area contributed by atoms with E-state index in [9.17, 15) is 4.79 Å². The maximum atomic E-state index is 12.7. The summed E-state index contributed by atoms with van der Waals surface area (Å²) in [6.45, 7) is 0. The van der Waals surface area contributed by atoms with Crippen molar-refractivity contribution in [1.29, 1.82) is 0 Å². The van der Waals surface area contributed by atoms with Crippen molar-refractivity contribution in [2.45, 2.75) is 0 Å². The second-order valence-electron chi connectivity index (χ2n) is 5.95. The van der Waals surface area contributed by atoms with E-state index in [0.717, 1.165) is 11.3 Å². The zero-order valence-electron chi connectivity index (χ0n) is 14.5. The molecule has 1 amide bonds. The molecule has 0 aliphatic rings. The molecule has 0 spiro atoms. The number of nitrogens with zero attached hydrogens (tertiary/aromatic N) is 3. The van der Waals surface area contributed by atoms with Crippen molar-refractivity contribution in [1.82, 2.24) is 14.5 Å². The van der Waals surface area contributed by atoms with Crippen LogP contribution in [0.3, 0.4) is 0 Å². The predicted molar refractivity (Wildman–Crippen MR) is 111 cm³/mol. The molecule has 2 aromatic carbocycles. The number of nitrogens with one attached hydrogen (secondary N) is 1. The van der Waals surface area contributed by atoms with Gasteiger partial charge in [0.25, 0.3) is 5.91 Å². The number of pyridine rings is 1. The number of amides is 1. The Hall–Kier alpha value is -3.15. The molecule has 7 heteroatoms. The molecule has 0 radical (unpaired) electrons. The Morgan fingerprint density at radius 1 is 0.929 bits per heavy atom. The first-order valence-electron chi connectivity index (χ1n) is 8.44. The first kappa shape index (κ1) is 18.2. The molecule has 0 bridgehead atoms. The molecule has 28 heavy (non-hydrogen) atoms. The van der Waals surface area contributed by atoms with Crippen molar-refractivity contribution in [3.63, 3.8) is 0 Å². The molecule has 0 aliphatic carbocycles. The van der Waals surface area contributed by atoms with Gasteiger partial charge < -0.3 is 5.32 Å². The SMILES string of the molecule is O=C(Nc1ccccn1)c1cn(-c2ccc(Cl)cc2)c(-c2ccccc2Cl)n1. The highest BCUT2D eigenvalue weighted by molar-refractivity contribution is 6.33. The number of hydrogen-bond donors (Lipinski definition) is 1. The summed E-state index contributed by atoms with van der Waals surface area (Å²) in [4.78, 5) is 21.4. The number of rotatable bonds is 4. The molecule has 0 fully saturated rings. The van der Waals surface area contributed by atoms with E-state index >= 15 is 0 Å². The van der Waals surface area contributed by atoms with Gasteiger partial charge in [-0.1, -0.05) is 41.4 Å². The van der Waals surface area contributed by atoms with Crippen LogP contribution in [0.1, 0.15) is 10.5 Å². The highest BCUT2D eigenvalue weighted by Crippen LogP contribution is 2.29. The van der Waals surface area contributed by atoms with Crippen molar-refractivity contribution in [3.05, 3.63) is 94.9 Å². The fraction of sp³-hybridized carbons (Fsp3) is 0. The van der Waals surface area contributed by atoms with E-state index in [1.165, 1.54) is 0 Å². The van der Waals surface area contributed by atoms with Gasteiger partial charge in [-0.3, -0.25) is 9.36 Å². The molecule has 0 atom stereocenters. The van der Waals surface area contributed by atoms with E-state index in [1.807, 2.05) is 34.9 Å². The van der Waals surface area contributed by atoms with Gasteiger partial charge in [-0.15, -0.1) is 0 Å². The molecule has 0 unspecified atom stereocenters. The molecule has 5 nitrogen and oxygen atoms in total. The van der Waals surface area contributed by atoms with E-state index in [-0.39, 0.29) is 11.6 Å². The number of hydrogen-bond acceptors (Lipinski definition) is 3. The number of carbonyl (C=O) groups is 1. The largest absolute Gasteiger partial charge is 0.305 e. The van der Waals surface area contributed by atoms with Crippen LogP contribution in [0.4, 0.5) is 5.82 Å². The number of imidazole rings is 1. The van der Waals surface area contributed by atoms with Crippen LogP contribution in [0.15, 0.2) is 79.1 Å². The standard InChI is InChI=1S/C21H14Cl2N4O/c22-14-8-10-15(11-9-14)27-13-18(21(28)26-19-7-3-4-12-24-19)25-20(27)16-5-1-2-6-17(16)23/h1-13H,(H,24,26,28). The Morgan fingerprint density at radius 2 is 1.68 bits per heavy atom. The van der Waals surface area contributed by atoms with Crippen LogP contribution in [-0.4, -0.2) is 20.4 Å². The second-order valence-corrected chi connectivity index (χ2v) is 6.79. The average Bonchev–Trinajstić information content (AvgIpc) is 3.15. The summed E-state index contributed by atoms with van der Waals surface area (Å²) in [7, 11) is 0. The van der Waals surface area contributed by atoms with Crippen molar-refractivity contribution in [2.75, 3.05) is 5.32 Å². The molecule has 4 aromatic rings. The third kappa shape index (κ3) is 3.76. The van der Waals surface area contributed by atoms with Gasteiger partial charge in [0, 0.05) is 28.7 Å². The monoisotopic (exact) mass is 408 g/mol. The van der Waals surface area contributed by atoms with Crippen LogP contribution in [0, 0.1) is 0 Å². The zero-order valence-corrected chi connectivity index (χ0v) is 16.0. The maximum absolute atomic E-state index is 12.7. The number of carbonyl (C=O) groups excluding carboxylic acids is 1. The summed E-state index contributed by atoms with van der Waals surface area (Å²) in [5.74, 6) is 0.645. The van der Waals surface area contributed by atoms with Crippen LogP contribution >= 0.6 is 23.2 Å². The number of benzene rings is 2. The smallest absolute Gasteiger partial charge is 0.277 e. The number of aromatic nitrogens is 3. The Balaban J connectivity index is 1.79. The summed E-state index contributed by atoms with van der Waals surface area (Å²) in [5.41, 5.74) is 1.77. The Kier molecular flexibility index (Phi) is 5.10. The van der Waals surface area contributed by atoms with Crippen LogP contribution in [0.5, 0.6) is 0 Å². The fourth-order valence-electron chi connectivity index (χ4n) is 2.74. The molecule has 0 aliphatic heterocycles. The summed E-state index contributed by atoms with van der Waals surface area (Å²) < 4.78 is 1.81. The summed E-state index contributed by atoms with van der Waals surface area (Å²) in [6, 6.07) is 19.9. The minimum Gasteiger partial charge on any atom is -0.305 e. The topological polar surface area (TPSA) is 59.8 Å². The van der Waals surface area contributed by atoms with Gasteiger partial charge >= 0.3 is 0 Å². The van der Waals surface area contributed by atoms with Crippen molar-refractivity contribution >= 4 is 34.9 Å². The van der Waals surface area contributed by atoms with Crippen molar-refractivity contribution < 1.29 is 4.79 Å². The lowest BCUT2D eigenvalue weighted by molar-refractivity contribution is 0.102. The molecule has 0 saturated heterocycles. The normalized spacial score (nSPS) is 10.6. The van der Waals surface area contributed by atoms with Gasteiger partial charge in [-0.25, -0.2) is 9.97 Å². The first-order valence-corrected chi connectivity index (χ1v) is 9.20. The predicted octanol–water partition coefficient (Wildman–Crippen LogP) is 5.49. The lowest BCUT2D eigenvalue weighted by Gasteiger charge is -2.09. The van der Waals surface area contributed by atoms with Crippen LogP contribution in [0.2, 0.25) is 10.0 Å². The Morgan fingerprint density at radius 3 is 2.39 bits per heavy atom. The van der Waals surface area contributed by atoms with E-state index in [2.05, 4.69) is 15.3 Å². The second kappa shape index (κ2) is 7.84. The van der Waals surface area contributed by atoms with Gasteiger partial charge in [0.2, 0.25) is 0 Å². The third-order valence-corrected chi connectivity index (χ3v) is 4.65. The minimum atomic E-state index is -0.361. The molecular formula is C21H14Cl2N4O. The molecule has 1 N–H and O–H groups in total. The minimum absolute atomic E-state index is 0.246. The quantitative estimate of drug-likeness (QED) is 0.485. The van der Waals surface area contributed by atoms with Crippen LogP contribution < -0.4 is 5.32 Å². The lowest BCUT2D eigenvalue weighted by atomic mass is 10.2. The number of halogens is 2. The van der Waals surface area contributed by atoms with Crippen molar-refractivity contribution in [2.24, 2.45) is 0 Å². The van der Waals surface area contributed by atoms with Gasteiger partial charge in [0.05, 0.1) is 5.02 Å². The average molecular weight is 409 g/mol. The highest BCUT2D eigenvalue weighted by atomic mass is 35.5. The highest BCUT2D eigenvalue weighted by Gasteiger charge is 2.18. The van der Waals surface area contributed by atoms with E-state index in [0.29, 0.717) is 21.7 Å². The Bertz CT molecular complexity index is 1120. The van der Waals surface area contributed by atoms with E-state index < -0.39 is 0 Å². The fourth-order valence-corrected chi connectivity index (χ4v) is 3.08. The van der Waals surface area contributed by atoms with Crippen molar-refractivity contribution in [3.8, 4) is 17.1 Å². The van der Waals surface area contributed by atoms with Crippen LogP contribution in [0.25, 0.3) is 17.1 Å². The summed E-state index contributed by atoms with van der Waals surface area (Å²) >= 11 is 12.4. The van der Waals surface area contributed by atoms with Gasteiger partial charge in [0.15, 0.2) is 0 Å². The van der Waals surface area contributed by atoms with Crippen LogP contribution in [-0.2, 0) is 0 Å². The van der Waals surface area contributed by atoms with Gasteiger partial charge in [-0.2, -0.15) is 0 Å². The van der Waals surface area contributed by atoms with Gasteiger partial charge in [0.1, 0.15) is 17.3 Å². The van der Waals surface area contributed by atoms with Gasteiger partial charge in [-0.05, 0) is 48.5 Å². The van der Waals surface area contributed by atoms with E-state index in [4.69, 9.17) is 23.2 Å².